The van der Waals surface area contributed by atoms with Crippen LogP contribution in [0.15, 0.2) is 6.20 Å². The van der Waals surface area contributed by atoms with E-state index in [0.29, 0.717) is 24.6 Å². The fourth-order valence-corrected chi connectivity index (χ4v) is 1.65. The van der Waals surface area contributed by atoms with E-state index in [0.717, 1.165) is 12.4 Å². The van der Waals surface area contributed by atoms with Crippen LogP contribution in [0.3, 0.4) is 0 Å². The van der Waals surface area contributed by atoms with Crippen LogP contribution in [-0.4, -0.2) is 22.9 Å². The average Bonchev–Trinajstić information content (AvgIpc) is 2.52. The fourth-order valence-electron chi connectivity index (χ4n) is 1.65. The summed E-state index contributed by atoms with van der Waals surface area (Å²) >= 11 is 0. The van der Waals surface area contributed by atoms with Crippen molar-refractivity contribution in [1.29, 1.82) is 5.26 Å². The maximum absolute atomic E-state index is 8.64. The maximum atomic E-state index is 8.64. The number of nitriles is 1. The van der Waals surface area contributed by atoms with Gasteiger partial charge in [-0.25, -0.2) is 0 Å². The summed E-state index contributed by atoms with van der Waals surface area (Å²) in [5.41, 5.74) is 6.55. The molecule has 0 saturated carbocycles. The lowest BCUT2D eigenvalue weighted by molar-refractivity contribution is 0.603. The summed E-state index contributed by atoms with van der Waals surface area (Å²) in [6.07, 6.45) is 2.28. The Hall–Kier alpha value is -1.70. The van der Waals surface area contributed by atoms with Gasteiger partial charge in [0.2, 0.25) is 0 Å². The molecule has 0 atom stereocenters. The first-order chi connectivity index (χ1) is 7.54. The van der Waals surface area contributed by atoms with Gasteiger partial charge in [-0.1, -0.05) is 13.8 Å². The summed E-state index contributed by atoms with van der Waals surface area (Å²) in [6.45, 7) is 5.82. The molecule has 88 valence electrons. The molecule has 0 spiro atoms. The molecule has 0 aliphatic carbocycles. The van der Waals surface area contributed by atoms with Crippen LogP contribution in [-0.2, 0) is 7.05 Å². The van der Waals surface area contributed by atoms with E-state index in [4.69, 9.17) is 11.0 Å². The molecule has 0 aromatic carbocycles. The van der Waals surface area contributed by atoms with Crippen molar-refractivity contribution >= 4 is 11.5 Å². The Morgan fingerprint density at radius 1 is 1.62 bits per heavy atom. The number of nitrogens with zero attached hydrogens (tertiary/aromatic N) is 4. The van der Waals surface area contributed by atoms with Crippen molar-refractivity contribution in [3.63, 3.8) is 0 Å². The zero-order valence-electron chi connectivity index (χ0n) is 10.1. The van der Waals surface area contributed by atoms with Crippen LogP contribution < -0.4 is 10.6 Å². The highest BCUT2D eigenvalue weighted by Gasteiger charge is 2.14. The van der Waals surface area contributed by atoms with Crippen molar-refractivity contribution < 1.29 is 0 Å². The standard InChI is InChI=1S/C11H19N5/c1-9(2)7-16(6-4-5-12)11-10(13)8-15(3)14-11/h8-9H,4,6-7,13H2,1-3H3. The molecule has 0 aliphatic rings. The topological polar surface area (TPSA) is 70.9 Å². The highest BCUT2D eigenvalue weighted by molar-refractivity contribution is 5.61. The van der Waals surface area contributed by atoms with E-state index in [1.807, 2.05) is 7.05 Å². The molecule has 1 rings (SSSR count). The first-order valence-corrected chi connectivity index (χ1v) is 5.45. The number of rotatable bonds is 5. The summed E-state index contributed by atoms with van der Waals surface area (Å²) in [5, 5.41) is 13.0. The minimum absolute atomic E-state index is 0.489. The molecule has 0 radical (unpaired) electrons. The van der Waals surface area contributed by atoms with E-state index in [1.54, 1.807) is 10.9 Å². The Labute approximate surface area is 96.5 Å². The van der Waals surface area contributed by atoms with Crippen LogP contribution in [0.25, 0.3) is 0 Å². The number of hydrogen-bond donors (Lipinski definition) is 1. The van der Waals surface area contributed by atoms with Crippen molar-refractivity contribution in [3.05, 3.63) is 6.20 Å². The van der Waals surface area contributed by atoms with Gasteiger partial charge in [-0.15, -0.1) is 0 Å². The Kier molecular flexibility index (Phi) is 4.18. The lowest BCUT2D eigenvalue weighted by Gasteiger charge is -2.23. The predicted molar refractivity (Wildman–Crippen MR) is 64.9 cm³/mol. The minimum Gasteiger partial charge on any atom is -0.394 e. The van der Waals surface area contributed by atoms with Gasteiger partial charge in [0.05, 0.1) is 18.2 Å². The van der Waals surface area contributed by atoms with Crippen LogP contribution in [0.5, 0.6) is 0 Å². The van der Waals surface area contributed by atoms with Crippen LogP contribution in [0.4, 0.5) is 11.5 Å². The second-order valence-corrected chi connectivity index (χ2v) is 4.33. The van der Waals surface area contributed by atoms with Gasteiger partial charge in [-0.05, 0) is 5.92 Å². The van der Waals surface area contributed by atoms with Gasteiger partial charge in [0.1, 0.15) is 0 Å². The van der Waals surface area contributed by atoms with Crippen molar-refractivity contribution in [3.8, 4) is 6.07 Å². The second-order valence-electron chi connectivity index (χ2n) is 4.33. The van der Waals surface area contributed by atoms with E-state index in [1.165, 1.54) is 0 Å². The first kappa shape index (κ1) is 12.4. The van der Waals surface area contributed by atoms with Crippen LogP contribution >= 0.6 is 0 Å². The van der Waals surface area contributed by atoms with E-state index < -0.39 is 0 Å². The monoisotopic (exact) mass is 221 g/mol. The third-order valence-electron chi connectivity index (χ3n) is 2.22. The SMILES string of the molecule is CC(C)CN(CCC#N)c1nn(C)cc1N. The van der Waals surface area contributed by atoms with E-state index in [2.05, 4.69) is 29.9 Å². The molecule has 16 heavy (non-hydrogen) atoms. The third kappa shape index (κ3) is 3.16. The minimum atomic E-state index is 0.489. The largest absolute Gasteiger partial charge is 0.394 e. The molecule has 0 amide bonds. The number of nitrogen functional groups attached to an aromatic ring is 1. The van der Waals surface area contributed by atoms with Crippen LogP contribution in [0, 0.1) is 17.2 Å². The quantitative estimate of drug-likeness (QED) is 0.815. The van der Waals surface area contributed by atoms with E-state index >= 15 is 0 Å². The van der Waals surface area contributed by atoms with Crippen molar-refractivity contribution in [1.82, 2.24) is 9.78 Å². The van der Waals surface area contributed by atoms with Gasteiger partial charge in [0.25, 0.3) is 0 Å². The molecule has 0 aliphatic heterocycles. The second kappa shape index (κ2) is 5.40. The molecular weight excluding hydrogens is 202 g/mol. The number of hydrogen-bond acceptors (Lipinski definition) is 4. The van der Waals surface area contributed by atoms with Crippen LogP contribution in [0.1, 0.15) is 20.3 Å². The Morgan fingerprint density at radius 3 is 2.75 bits per heavy atom. The first-order valence-electron chi connectivity index (χ1n) is 5.45. The van der Waals surface area contributed by atoms with E-state index in [-0.39, 0.29) is 0 Å². The highest BCUT2D eigenvalue weighted by atomic mass is 15.3. The zero-order valence-corrected chi connectivity index (χ0v) is 10.1. The molecule has 1 aromatic heterocycles. The molecule has 5 nitrogen and oxygen atoms in total. The normalized spacial score (nSPS) is 10.4. The summed E-state index contributed by atoms with van der Waals surface area (Å²) < 4.78 is 1.70. The summed E-state index contributed by atoms with van der Waals surface area (Å²) in [5.74, 6) is 1.30. The van der Waals surface area contributed by atoms with Crippen molar-refractivity contribution in [2.75, 3.05) is 23.7 Å². The summed E-state index contributed by atoms with van der Waals surface area (Å²) in [6, 6.07) is 2.15. The van der Waals surface area contributed by atoms with Gasteiger partial charge in [0.15, 0.2) is 5.82 Å². The van der Waals surface area contributed by atoms with Crippen molar-refractivity contribution in [2.45, 2.75) is 20.3 Å². The molecular formula is C11H19N5. The number of aromatic nitrogens is 2. The van der Waals surface area contributed by atoms with Gasteiger partial charge in [-0.2, -0.15) is 10.4 Å². The molecule has 2 N–H and O–H groups in total. The third-order valence-corrected chi connectivity index (χ3v) is 2.22. The average molecular weight is 221 g/mol. The molecule has 1 heterocycles. The Morgan fingerprint density at radius 2 is 2.31 bits per heavy atom. The maximum Gasteiger partial charge on any atom is 0.173 e. The Balaban J connectivity index is 2.83. The summed E-state index contributed by atoms with van der Waals surface area (Å²) in [7, 11) is 1.84. The fraction of sp³-hybridized carbons (Fsp3) is 0.636. The molecule has 0 unspecified atom stereocenters. The Bertz CT molecular complexity index is 374. The lowest BCUT2D eigenvalue weighted by atomic mass is 10.2. The van der Waals surface area contributed by atoms with Gasteiger partial charge in [-0.3, -0.25) is 4.68 Å². The van der Waals surface area contributed by atoms with E-state index in [9.17, 15) is 0 Å². The molecule has 0 saturated heterocycles. The van der Waals surface area contributed by atoms with Crippen LogP contribution in [0.2, 0.25) is 0 Å². The zero-order chi connectivity index (χ0) is 12.1. The van der Waals surface area contributed by atoms with Gasteiger partial charge in [0, 0.05) is 26.3 Å². The van der Waals surface area contributed by atoms with Crippen molar-refractivity contribution in [2.24, 2.45) is 13.0 Å². The molecule has 1 aromatic rings. The number of nitrogens with two attached hydrogens (primary N) is 1. The summed E-state index contributed by atoms with van der Waals surface area (Å²) in [4.78, 5) is 2.07. The highest BCUT2D eigenvalue weighted by Crippen LogP contribution is 2.21. The smallest absolute Gasteiger partial charge is 0.173 e. The molecule has 0 bridgehead atoms. The molecule has 0 fully saturated rings. The predicted octanol–water partition coefficient (Wildman–Crippen LogP) is 1.38. The molecule has 5 heteroatoms. The number of anilines is 2. The van der Waals surface area contributed by atoms with Gasteiger partial charge < -0.3 is 10.6 Å². The van der Waals surface area contributed by atoms with Gasteiger partial charge >= 0.3 is 0 Å². The number of aryl methyl sites for hydroxylation is 1. The lowest BCUT2D eigenvalue weighted by Crippen LogP contribution is -2.29.